The van der Waals surface area contributed by atoms with Gasteiger partial charge in [0.2, 0.25) is 5.89 Å². The maximum atomic E-state index is 5.20. The smallest absolute Gasteiger partial charge is 0.227 e. The first kappa shape index (κ1) is 12.1. The predicted molar refractivity (Wildman–Crippen MR) is 56.7 cm³/mol. The molecule has 0 fully saturated rings. The normalized spacial score (nSPS) is 15.2. The fraction of sp³-hybridized carbons (Fsp3) is 0.800. The van der Waals surface area contributed by atoms with Gasteiger partial charge in [-0.2, -0.15) is 4.98 Å². The molecule has 1 aromatic rings. The van der Waals surface area contributed by atoms with Gasteiger partial charge in [-0.05, 0) is 20.8 Å². The van der Waals surface area contributed by atoms with Crippen molar-refractivity contribution in [2.45, 2.75) is 39.3 Å². The van der Waals surface area contributed by atoms with Gasteiger partial charge in [-0.15, -0.1) is 0 Å². The number of hydrogen-bond acceptors (Lipinski definition) is 5. The Hall–Kier alpha value is -0.940. The molecule has 0 spiro atoms. The molecule has 86 valence electrons. The zero-order chi connectivity index (χ0) is 11.3. The molecular weight excluding hydrogens is 194 g/mol. The van der Waals surface area contributed by atoms with E-state index in [1.54, 1.807) is 7.11 Å². The van der Waals surface area contributed by atoms with Crippen molar-refractivity contribution in [3.63, 3.8) is 0 Å². The maximum absolute atomic E-state index is 5.20. The highest BCUT2D eigenvalue weighted by Crippen LogP contribution is 1.98. The van der Waals surface area contributed by atoms with Crippen molar-refractivity contribution in [1.82, 2.24) is 15.5 Å². The summed E-state index contributed by atoms with van der Waals surface area (Å²) >= 11 is 0. The Labute approximate surface area is 90.2 Å². The van der Waals surface area contributed by atoms with Crippen LogP contribution in [0.3, 0.4) is 0 Å². The van der Waals surface area contributed by atoms with Gasteiger partial charge in [0.1, 0.15) is 0 Å². The lowest BCUT2D eigenvalue weighted by molar-refractivity contribution is 0.0888. The molecule has 0 saturated carbocycles. The van der Waals surface area contributed by atoms with Gasteiger partial charge in [-0.1, -0.05) is 5.16 Å². The summed E-state index contributed by atoms with van der Waals surface area (Å²) in [5.74, 6) is 1.36. The SMILES string of the molecule is COC(C)C(C)NCCc1nc(C)no1. The summed E-state index contributed by atoms with van der Waals surface area (Å²) in [7, 11) is 1.71. The van der Waals surface area contributed by atoms with Crippen molar-refractivity contribution in [2.75, 3.05) is 13.7 Å². The van der Waals surface area contributed by atoms with Gasteiger partial charge in [-0.3, -0.25) is 0 Å². The first-order valence-corrected chi connectivity index (χ1v) is 5.19. The van der Waals surface area contributed by atoms with Crippen LogP contribution in [0.25, 0.3) is 0 Å². The molecule has 0 aliphatic carbocycles. The number of methoxy groups -OCH3 is 1. The second-order valence-electron chi connectivity index (χ2n) is 3.67. The zero-order valence-electron chi connectivity index (χ0n) is 9.78. The minimum atomic E-state index is 0.203. The summed E-state index contributed by atoms with van der Waals surface area (Å²) in [5, 5.41) is 7.07. The summed E-state index contributed by atoms with van der Waals surface area (Å²) in [5.41, 5.74) is 0. The molecule has 0 aliphatic heterocycles. The second kappa shape index (κ2) is 5.82. The van der Waals surface area contributed by atoms with E-state index in [-0.39, 0.29) is 6.10 Å². The van der Waals surface area contributed by atoms with Gasteiger partial charge in [0.15, 0.2) is 5.82 Å². The number of hydrogen-bond donors (Lipinski definition) is 1. The predicted octanol–water partition coefficient (Wildman–Crippen LogP) is 0.934. The Morgan fingerprint density at radius 1 is 1.47 bits per heavy atom. The molecule has 0 aliphatic rings. The van der Waals surface area contributed by atoms with E-state index in [1.165, 1.54) is 0 Å². The first-order valence-electron chi connectivity index (χ1n) is 5.19. The number of ether oxygens (including phenoxy) is 1. The molecule has 2 atom stereocenters. The van der Waals surface area contributed by atoms with Gasteiger partial charge in [0, 0.05) is 26.1 Å². The molecule has 0 amide bonds. The molecule has 1 N–H and O–H groups in total. The molecule has 15 heavy (non-hydrogen) atoms. The maximum Gasteiger partial charge on any atom is 0.227 e. The van der Waals surface area contributed by atoms with Crippen LogP contribution in [0, 0.1) is 6.92 Å². The van der Waals surface area contributed by atoms with E-state index in [0.717, 1.165) is 13.0 Å². The summed E-state index contributed by atoms with van der Waals surface area (Å²) in [6, 6.07) is 0.319. The summed E-state index contributed by atoms with van der Waals surface area (Å²) in [6.45, 7) is 6.76. The third-order valence-corrected chi connectivity index (χ3v) is 2.45. The molecule has 5 nitrogen and oxygen atoms in total. The number of rotatable bonds is 6. The Kier molecular flexibility index (Phi) is 4.71. The average molecular weight is 213 g/mol. The first-order chi connectivity index (χ1) is 7.13. The van der Waals surface area contributed by atoms with Gasteiger partial charge >= 0.3 is 0 Å². The summed E-state index contributed by atoms with van der Waals surface area (Å²) in [4.78, 5) is 4.12. The van der Waals surface area contributed by atoms with E-state index in [2.05, 4.69) is 22.4 Å². The van der Waals surface area contributed by atoms with Crippen LogP contribution in [-0.4, -0.2) is 35.9 Å². The minimum Gasteiger partial charge on any atom is -0.380 e. The molecule has 0 aromatic carbocycles. The van der Waals surface area contributed by atoms with Gasteiger partial charge < -0.3 is 14.6 Å². The molecule has 2 unspecified atom stereocenters. The van der Waals surface area contributed by atoms with Crippen LogP contribution in [0.1, 0.15) is 25.6 Å². The van der Waals surface area contributed by atoms with E-state index in [0.29, 0.717) is 17.8 Å². The average Bonchev–Trinajstić information content (AvgIpc) is 2.63. The quantitative estimate of drug-likeness (QED) is 0.762. The van der Waals surface area contributed by atoms with E-state index in [4.69, 9.17) is 9.26 Å². The van der Waals surface area contributed by atoms with Crippen molar-refractivity contribution >= 4 is 0 Å². The number of nitrogens with zero attached hydrogens (tertiary/aromatic N) is 2. The van der Waals surface area contributed by atoms with Crippen molar-refractivity contribution in [3.8, 4) is 0 Å². The van der Waals surface area contributed by atoms with Crippen LogP contribution in [0.5, 0.6) is 0 Å². The molecule has 0 radical (unpaired) electrons. The highest BCUT2D eigenvalue weighted by molar-refractivity contribution is 4.83. The topological polar surface area (TPSA) is 60.2 Å². The summed E-state index contributed by atoms with van der Waals surface area (Å²) < 4.78 is 10.2. The van der Waals surface area contributed by atoms with E-state index < -0.39 is 0 Å². The lowest BCUT2D eigenvalue weighted by Crippen LogP contribution is -2.37. The largest absolute Gasteiger partial charge is 0.380 e. The number of aromatic nitrogens is 2. The highest BCUT2D eigenvalue weighted by atomic mass is 16.5. The Morgan fingerprint density at radius 2 is 2.20 bits per heavy atom. The standard InChI is InChI=1S/C10H19N3O2/c1-7(8(2)14-4)11-6-5-10-12-9(3)13-15-10/h7-8,11H,5-6H2,1-4H3. The fourth-order valence-electron chi connectivity index (χ4n) is 1.22. The lowest BCUT2D eigenvalue weighted by atomic mass is 10.2. The Balaban J connectivity index is 2.21. The van der Waals surface area contributed by atoms with Crippen molar-refractivity contribution in [2.24, 2.45) is 0 Å². The van der Waals surface area contributed by atoms with Crippen LogP contribution in [0.4, 0.5) is 0 Å². The molecule has 1 aromatic heterocycles. The molecule has 0 saturated heterocycles. The van der Waals surface area contributed by atoms with Crippen LogP contribution < -0.4 is 5.32 Å². The Morgan fingerprint density at radius 3 is 2.73 bits per heavy atom. The highest BCUT2D eigenvalue weighted by Gasteiger charge is 2.10. The van der Waals surface area contributed by atoms with Gasteiger partial charge in [-0.25, -0.2) is 0 Å². The summed E-state index contributed by atoms with van der Waals surface area (Å²) in [6.07, 6.45) is 0.955. The van der Waals surface area contributed by atoms with Gasteiger partial charge in [0.05, 0.1) is 6.10 Å². The third kappa shape index (κ3) is 3.97. The third-order valence-electron chi connectivity index (χ3n) is 2.45. The molecule has 0 bridgehead atoms. The van der Waals surface area contributed by atoms with E-state index in [9.17, 15) is 0 Å². The van der Waals surface area contributed by atoms with Crippen LogP contribution in [0.2, 0.25) is 0 Å². The molecule has 5 heteroatoms. The fourth-order valence-corrected chi connectivity index (χ4v) is 1.22. The van der Waals surface area contributed by atoms with Crippen molar-refractivity contribution in [1.29, 1.82) is 0 Å². The number of nitrogens with one attached hydrogen (secondary N) is 1. The second-order valence-corrected chi connectivity index (χ2v) is 3.67. The van der Waals surface area contributed by atoms with Crippen molar-refractivity contribution in [3.05, 3.63) is 11.7 Å². The van der Waals surface area contributed by atoms with Crippen LogP contribution >= 0.6 is 0 Å². The van der Waals surface area contributed by atoms with E-state index >= 15 is 0 Å². The molecular formula is C10H19N3O2. The van der Waals surface area contributed by atoms with Crippen LogP contribution in [0.15, 0.2) is 4.52 Å². The van der Waals surface area contributed by atoms with E-state index in [1.807, 2.05) is 13.8 Å². The molecule has 1 rings (SSSR count). The lowest BCUT2D eigenvalue weighted by Gasteiger charge is -2.19. The van der Waals surface area contributed by atoms with Gasteiger partial charge in [0.25, 0.3) is 0 Å². The molecule has 1 heterocycles. The monoisotopic (exact) mass is 213 g/mol. The van der Waals surface area contributed by atoms with Crippen molar-refractivity contribution < 1.29 is 9.26 Å². The number of aryl methyl sites for hydroxylation is 1. The minimum absolute atomic E-state index is 0.203. The van der Waals surface area contributed by atoms with Crippen LogP contribution in [-0.2, 0) is 11.2 Å². The Bertz CT molecular complexity index is 288. The zero-order valence-corrected chi connectivity index (χ0v) is 9.78.